The molecule has 7 nitrogen and oxygen atoms in total. The zero-order valence-corrected chi connectivity index (χ0v) is 12.2. The van der Waals surface area contributed by atoms with Crippen LogP contribution in [0.4, 0.5) is 8.78 Å². The number of hydrogen-bond acceptors (Lipinski definition) is 6. The molecule has 0 aliphatic carbocycles. The molecule has 0 saturated heterocycles. The van der Waals surface area contributed by atoms with Crippen molar-refractivity contribution >= 4 is 5.97 Å². The highest BCUT2D eigenvalue weighted by molar-refractivity contribution is 5.67. The first kappa shape index (κ1) is 18.2. The Labute approximate surface area is 126 Å². The first-order valence-corrected chi connectivity index (χ1v) is 6.37. The van der Waals surface area contributed by atoms with Crippen molar-refractivity contribution in [2.75, 3.05) is 20.8 Å². The Hall–Kier alpha value is -1.84. The van der Waals surface area contributed by atoms with Crippen molar-refractivity contribution in [1.29, 1.82) is 0 Å². The Morgan fingerprint density at radius 2 is 2.05 bits per heavy atom. The number of nitrogens with zero attached hydrogens (tertiary/aromatic N) is 1. The summed E-state index contributed by atoms with van der Waals surface area (Å²) in [6.07, 6.45) is 0.537. The second-order valence-corrected chi connectivity index (χ2v) is 4.27. The molecule has 2 N–H and O–H groups in total. The lowest BCUT2D eigenvalue weighted by Gasteiger charge is -2.20. The summed E-state index contributed by atoms with van der Waals surface area (Å²) >= 11 is 0. The topological polar surface area (TPSA) is 89.9 Å². The van der Waals surface area contributed by atoms with E-state index in [1.807, 2.05) is 0 Å². The summed E-state index contributed by atoms with van der Waals surface area (Å²) in [5.74, 6) is -1.25. The molecule has 0 fully saturated rings. The molecule has 0 aliphatic rings. The molecular weight excluding hydrogens is 302 g/mol. The molecule has 0 radical (unpaired) electrons. The zero-order valence-electron chi connectivity index (χ0n) is 12.2. The number of pyridine rings is 1. The second-order valence-electron chi connectivity index (χ2n) is 4.27. The standard InChI is InChI=1S/C13H18F2N2O5/c1-20-12(21-2)7-16-9(5-11(18)19)8-3-4-10(17-6-8)22-13(14)15/h3-4,6,9,12-13,16H,5,7H2,1-2H3,(H,18,19)/t9-/m0/s1. The van der Waals surface area contributed by atoms with Gasteiger partial charge in [0.1, 0.15) is 0 Å². The molecule has 1 aromatic rings. The van der Waals surface area contributed by atoms with Gasteiger partial charge in [-0.3, -0.25) is 4.79 Å². The number of ether oxygens (including phenoxy) is 3. The van der Waals surface area contributed by atoms with Gasteiger partial charge in [-0.05, 0) is 5.56 Å². The van der Waals surface area contributed by atoms with Gasteiger partial charge in [-0.15, -0.1) is 0 Å². The van der Waals surface area contributed by atoms with Crippen molar-refractivity contribution in [3.05, 3.63) is 23.9 Å². The van der Waals surface area contributed by atoms with Crippen LogP contribution < -0.4 is 10.1 Å². The van der Waals surface area contributed by atoms with Gasteiger partial charge in [-0.25, -0.2) is 4.98 Å². The minimum atomic E-state index is -2.96. The van der Waals surface area contributed by atoms with E-state index >= 15 is 0 Å². The highest BCUT2D eigenvalue weighted by Crippen LogP contribution is 2.19. The van der Waals surface area contributed by atoms with E-state index in [0.717, 1.165) is 0 Å². The lowest BCUT2D eigenvalue weighted by Crippen LogP contribution is -2.33. The van der Waals surface area contributed by atoms with Gasteiger partial charge in [0.25, 0.3) is 0 Å². The van der Waals surface area contributed by atoms with Gasteiger partial charge in [0.05, 0.1) is 6.42 Å². The average molecular weight is 320 g/mol. The van der Waals surface area contributed by atoms with Crippen LogP contribution in [0.1, 0.15) is 18.0 Å². The highest BCUT2D eigenvalue weighted by atomic mass is 19.3. The lowest BCUT2D eigenvalue weighted by molar-refractivity contribution is -0.138. The van der Waals surface area contributed by atoms with E-state index < -0.39 is 24.9 Å². The smallest absolute Gasteiger partial charge is 0.388 e. The number of nitrogens with one attached hydrogen (secondary N) is 1. The Balaban J connectivity index is 2.75. The van der Waals surface area contributed by atoms with Gasteiger partial charge >= 0.3 is 12.6 Å². The molecule has 0 spiro atoms. The number of carbonyl (C=O) groups is 1. The Morgan fingerprint density at radius 3 is 2.50 bits per heavy atom. The zero-order chi connectivity index (χ0) is 16.5. The van der Waals surface area contributed by atoms with Crippen LogP contribution in [0, 0.1) is 0 Å². The fourth-order valence-corrected chi connectivity index (χ4v) is 1.74. The van der Waals surface area contributed by atoms with Crippen LogP contribution in [0.3, 0.4) is 0 Å². The molecule has 0 unspecified atom stereocenters. The van der Waals surface area contributed by atoms with E-state index in [1.54, 1.807) is 0 Å². The Kier molecular flexibility index (Phi) is 7.64. The first-order chi connectivity index (χ1) is 10.5. The average Bonchev–Trinajstić information content (AvgIpc) is 2.47. The normalized spacial score (nSPS) is 12.6. The second kappa shape index (κ2) is 9.23. The van der Waals surface area contributed by atoms with Crippen LogP contribution >= 0.6 is 0 Å². The summed E-state index contributed by atoms with van der Waals surface area (Å²) in [6.45, 7) is -2.71. The number of methoxy groups -OCH3 is 2. The molecule has 0 aromatic carbocycles. The quantitative estimate of drug-likeness (QED) is 0.630. The van der Waals surface area contributed by atoms with Crippen LogP contribution in [-0.2, 0) is 14.3 Å². The molecular formula is C13H18F2N2O5. The molecule has 1 heterocycles. The minimum absolute atomic E-state index is 0.211. The van der Waals surface area contributed by atoms with E-state index in [4.69, 9.17) is 14.6 Å². The van der Waals surface area contributed by atoms with Crippen molar-refractivity contribution in [2.45, 2.75) is 25.4 Å². The molecule has 0 bridgehead atoms. The number of hydrogen-bond donors (Lipinski definition) is 2. The van der Waals surface area contributed by atoms with Crippen LogP contribution in [0.15, 0.2) is 18.3 Å². The Morgan fingerprint density at radius 1 is 1.36 bits per heavy atom. The molecule has 1 atom stereocenters. The van der Waals surface area contributed by atoms with Crippen molar-refractivity contribution in [1.82, 2.24) is 10.3 Å². The van der Waals surface area contributed by atoms with Crippen molar-refractivity contribution in [3.63, 3.8) is 0 Å². The summed E-state index contributed by atoms with van der Waals surface area (Å²) in [7, 11) is 2.92. The fraction of sp³-hybridized carbons (Fsp3) is 0.538. The largest absolute Gasteiger partial charge is 0.481 e. The summed E-state index contributed by atoms with van der Waals surface area (Å²) < 4.78 is 38.3. The van der Waals surface area contributed by atoms with Gasteiger partial charge in [0, 0.05) is 39.1 Å². The molecule has 124 valence electrons. The van der Waals surface area contributed by atoms with Crippen molar-refractivity contribution < 1.29 is 32.9 Å². The fourth-order valence-electron chi connectivity index (χ4n) is 1.74. The van der Waals surface area contributed by atoms with Gasteiger partial charge < -0.3 is 24.6 Å². The van der Waals surface area contributed by atoms with Crippen LogP contribution in [-0.4, -0.2) is 49.7 Å². The third kappa shape index (κ3) is 6.29. The minimum Gasteiger partial charge on any atom is -0.481 e. The number of carboxylic acids is 1. The maximum Gasteiger partial charge on any atom is 0.388 e. The maximum atomic E-state index is 12.1. The number of alkyl halides is 2. The molecule has 9 heteroatoms. The molecule has 0 amide bonds. The Bertz CT molecular complexity index is 454. The first-order valence-electron chi connectivity index (χ1n) is 6.37. The van der Waals surface area contributed by atoms with Crippen molar-refractivity contribution in [3.8, 4) is 5.88 Å². The highest BCUT2D eigenvalue weighted by Gasteiger charge is 2.18. The SMILES string of the molecule is COC(CN[C@@H](CC(=O)O)c1ccc(OC(F)F)nc1)OC. The third-order valence-electron chi connectivity index (χ3n) is 2.81. The van der Waals surface area contributed by atoms with Gasteiger partial charge in [0.15, 0.2) is 6.29 Å². The summed E-state index contributed by atoms with van der Waals surface area (Å²) in [6, 6.07) is 2.15. The monoisotopic (exact) mass is 320 g/mol. The molecule has 1 aromatic heterocycles. The number of aromatic nitrogens is 1. The number of aliphatic carboxylic acids is 1. The molecule has 22 heavy (non-hydrogen) atoms. The number of carboxylic acid groups (broad SMARTS) is 1. The predicted octanol–water partition coefficient (Wildman–Crippen LogP) is 1.41. The van der Waals surface area contributed by atoms with Crippen LogP contribution in [0.2, 0.25) is 0 Å². The summed E-state index contributed by atoms with van der Waals surface area (Å²) in [4.78, 5) is 14.6. The van der Waals surface area contributed by atoms with E-state index in [9.17, 15) is 13.6 Å². The van der Waals surface area contributed by atoms with Crippen LogP contribution in [0.25, 0.3) is 0 Å². The van der Waals surface area contributed by atoms with E-state index in [1.165, 1.54) is 32.5 Å². The van der Waals surface area contributed by atoms with E-state index in [-0.39, 0.29) is 18.8 Å². The van der Waals surface area contributed by atoms with Gasteiger partial charge in [-0.1, -0.05) is 6.07 Å². The van der Waals surface area contributed by atoms with Gasteiger partial charge in [0.2, 0.25) is 5.88 Å². The molecule has 0 aliphatic heterocycles. The number of rotatable bonds is 10. The van der Waals surface area contributed by atoms with Crippen molar-refractivity contribution in [2.24, 2.45) is 0 Å². The predicted molar refractivity (Wildman–Crippen MR) is 71.7 cm³/mol. The molecule has 0 saturated carbocycles. The van der Waals surface area contributed by atoms with E-state index in [0.29, 0.717) is 5.56 Å². The third-order valence-corrected chi connectivity index (χ3v) is 2.81. The summed E-state index contributed by atoms with van der Waals surface area (Å²) in [5.41, 5.74) is 0.523. The number of halogens is 2. The van der Waals surface area contributed by atoms with Crippen LogP contribution in [0.5, 0.6) is 5.88 Å². The maximum absolute atomic E-state index is 12.1. The van der Waals surface area contributed by atoms with E-state index in [2.05, 4.69) is 15.0 Å². The molecule has 1 rings (SSSR count). The summed E-state index contributed by atoms with van der Waals surface area (Å²) in [5, 5.41) is 11.9. The van der Waals surface area contributed by atoms with Gasteiger partial charge in [-0.2, -0.15) is 8.78 Å². The lowest BCUT2D eigenvalue weighted by atomic mass is 10.1.